The minimum atomic E-state index is 1.13. The lowest BCUT2D eigenvalue weighted by atomic mass is 10.5. The van der Waals surface area contributed by atoms with Crippen LogP contribution in [0, 0.1) is 0 Å². The average Bonchev–Trinajstić information content (AvgIpc) is 2.47. The van der Waals surface area contributed by atoms with E-state index in [2.05, 4.69) is 28.7 Å². The molecule has 0 spiro atoms. The van der Waals surface area contributed by atoms with Crippen LogP contribution in [-0.2, 0) is 0 Å². The normalized spacial score (nSPS) is 17.9. The molecule has 0 amide bonds. The largest absolute Gasteiger partial charge is 0.383 e. The van der Waals surface area contributed by atoms with E-state index in [-0.39, 0.29) is 0 Å². The van der Waals surface area contributed by atoms with Crippen molar-refractivity contribution in [2.75, 3.05) is 32.9 Å². The van der Waals surface area contributed by atoms with E-state index in [0.717, 1.165) is 6.54 Å². The van der Waals surface area contributed by atoms with E-state index in [1.807, 2.05) is 25.9 Å². The summed E-state index contributed by atoms with van der Waals surface area (Å²) >= 11 is 1.95. The van der Waals surface area contributed by atoms with Crippen LogP contribution in [0.15, 0.2) is 12.3 Å². The summed E-state index contributed by atoms with van der Waals surface area (Å²) in [4.78, 5) is 2.07. The maximum absolute atomic E-state index is 2.41. The van der Waals surface area contributed by atoms with Crippen LogP contribution >= 0.6 is 11.8 Å². The van der Waals surface area contributed by atoms with Crippen molar-refractivity contribution >= 4 is 16.8 Å². The standard InChI is InChI=1S/C9H17N2S/c1-4-11-7-8-12-9(11)5-6-10(2)3/h5-6H,4,7-8H2,1-3H3/q+1. The Labute approximate surface area is 79.0 Å². The van der Waals surface area contributed by atoms with Gasteiger partial charge in [-0.05, 0) is 6.92 Å². The summed E-state index contributed by atoms with van der Waals surface area (Å²) in [5.74, 6) is 1.24. The van der Waals surface area contributed by atoms with Crippen LogP contribution in [0.3, 0.4) is 0 Å². The molecule has 0 radical (unpaired) electrons. The molecule has 0 aromatic rings. The zero-order chi connectivity index (χ0) is 8.97. The van der Waals surface area contributed by atoms with Crippen LogP contribution in [-0.4, -0.2) is 47.5 Å². The van der Waals surface area contributed by atoms with E-state index in [1.165, 1.54) is 17.3 Å². The van der Waals surface area contributed by atoms with Gasteiger partial charge < -0.3 is 4.90 Å². The van der Waals surface area contributed by atoms with Gasteiger partial charge in [-0.25, -0.2) is 4.58 Å². The van der Waals surface area contributed by atoms with Crippen LogP contribution in [0.5, 0.6) is 0 Å². The topological polar surface area (TPSA) is 6.25 Å². The lowest BCUT2D eigenvalue weighted by molar-refractivity contribution is -0.513. The smallest absolute Gasteiger partial charge is 0.236 e. The van der Waals surface area contributed by atoms with Crippen LogP contribution < -0.4 is 0 Å². The molecule has 1 aliphatic rings. The third-order valence-electron chi connectivity index (χ3n) is 1.82. The third kappa shape index (κ3) is 2.55. The first-order valence-electron chi connectivity index (χ1n) is 4.33. The summed E-state index contributed by atoms with van der Waals surface area (Å²) in [6.07, 6.45) is 4.30. The Morgan fingerprint density at radius 1 is 1.58 bits per heavy atom. The lowest BCUT2D eigenvalue weighted by Crippen LogP contribution is -2.13. The number of hydrogen-bond donors (Lipinski definition) is 0. The molecule has 1 aliphatic heterocycles. The van der Waals surface area contributed by atoms with Gasteiger partial charge in [0.15, 0.2) is 6.54 Å². The molecule has 0 N–H and O–H groups in total. The Morgan fingerprint density at radius 3 is 2.92 bits per heavy atom. The zero-order valence-electron chi connectivity index (χ0n) is 8.08. The molecule has 0 fully saturated rings. The first kappa shape index (κ1) is 9.65. The van der Waals surface area contributed by atoms with Gasteiger partial charge in [0.25, 0.3) is 0 Å². The molecule has 0 aromatic carbocycles. The fourth-order valence-corrected chi connectivity index (χ4v) is 2.22. The van der Waals surface area contributed by atoms with Crippen molar-refractivity contribution < 1.29 is 4.58 Å². The Hall–Kier alpha value is -0.440. The highest BCUT2D eigenvalue weighted by Crippen LogP contribution is 2.12. The third-order valence-corrected chi connectivity index (χ3v) is 2.90. The fourth-order valence-electron chi connectivity index (χ4n) is 1.14. The number of nitrogens with zero attached hydrogens (tertiary/aromatic N) is 2. The summed E-state index contributed by atoms with van der Waals surface area (Å²) in [7, 11) is 4.10. The van der Waals surface area contributed by atoms with Crippen molar-refractivity contribution in [3.8, 4) is 0 Å². The summed E-state index contributed by atoms with van der Waals surface area (Å²) in [6, 6.07) is 0. The highest BCUT2D eigenvalue weighted by Gasteiger charge is 2.18. The van der Waals surface area contributed by atoms with E-state index < -0.39 is 0 Å². The second-order valence-electron chi connectivity index (χ2n) is 3.05. The number of thioether (sulfide) groups is 1. The van der Waals surface area contributed by atoms with Crippen LogP contribution in [0.4, 0.5) is 0 Å². The minimum Gasteiger partial charge on any atom is -0.383 e. The summed E-state index contributed by atoms with van der Waals surface area (Å²) in [5.41, 5.74) is 0. The minimum absolute atomic E-state index is 1.13. The molecule has 0 aromatic heterocycles. The van der Waals surface area contributed by atoms with Crippen LogP contribution in [0.2, 0.25) is 0 Å². The number of rotatable bonds is 3. The van der Waals surface area contributed by atoms with Gasteiger partial charge in [-0.3, -0.25) is 0 Å². The van der Waals surface area contributed by atoms with E-state index in [0.29, 0.717) is 0 Å². The Bertz CT molecular complexity index is 207. The number of hydrogen-bond acceptors (Lipinski definition) is 2. The van der Waals surface area contributed by atoms with Gasteiger partial charge >= 0.3 is 0 Å². The predicted molar refractivity (Wildman–Crippen MR) is 56.0 cm³/mol. The maximum atomic E-state index is 2.41. The predicted octanol–water partition coefficient (Wildman–Crippen LogP) is 1.24. The molecular formula is C9H17N2S+. The van der Waals surface area contributed by atoms with Crippen molar-refractivity contribution in [3.05, 3.63) is 12.3 Å². The second-order valence-corrected chi connectivity index (χ2v) is 4.16. The molecule has 3 heteroatoms. The Morgan fingerprint density at radius 2 is 2.33 bits per heavy atom. The average molecular weight is 185 g/mol. The molecule has 0 atom stereocenters. The van der Waals surface area contributed by atoms with Crippen molar-refractivity contribution in [2.45, 2.75) is 6.92 Å². The maximum Gasteiger partial charge on any atom is 0.236 e. The van der Waals surface area contributed by atoms with E-state index in [9.17, 15) is 0 Å². The monoisotopic (exact) mass is 185 g/mol. The van der Waals surface area contributed by atoms with Crippen LogP contribution in [0.25, 0.3) is 0 Å². The molecule has 1 heterocycles. The highest BCUT2D eigenvalue weighted by molar-refractivity contribution is 8.14. The van der Waals surface area contributed by atoms with Gasteiger partial charge in [-0.2, -0.15) is 0 Å². The highest BCUT2D eigenvalue weighted by atomic mass is 32.2. The van der Waals surface area contributed by atoms with Gasteiger partial charge in [0, 0.05) is 26.4 Å². The second kappa shape index (κ2) is 4.55. The molecular weight excluding hydrogens is 168 g/mol. The summed E-state index contributed by atoms with van der Waals surface area (Å²) in [5, 5.41) is 1.41. The van der Waals surface area contributed by atoms with Crippen molar-refractivity contribution in [1.29, 1.82) is 0 Å². The molecule has 2 nitrogen and oxygen atoms in total. The molecule has 0 saturated heterocycles. The molecule has 0 bridgehead atoms. The molecule has 68 valence electrons. The molecule has 0 unspecified atom stereocenters. The van der Waals surface area contributed by atoms with Gasteiger partial charge in [0.1, 0.15) is 6.54 Å². The quantitative estimate of drug-likeness (QED) is 0.610. The van der Waals surface area contributed by atoms with Gasteiger partial charge in [0.2, 0.25) is 5.04 Å². The zero-order valence-corrected chi connectivity index (χ0v) is 8.90. The van der Waals surface area contributed by atoms with Gasteiger partial charge in [-0.1, -0.05) is 11.8 Å². The van der Waals surface area contributed by atoms with Gasteiger partial charge in [-0.15, -0.1) is 0 Å². The fraction of sp³-hybridized carbons (Fsp3) is 0.667. The Balaban J connectivity index is 2.60. The molecule has 12 heavy (non-hydrogen) atoms. The van der Waals surface area contributed by atoms with E-state index >= 15 is 0 Å². The first-order valence-corrected chi connectivity index (χ1v) is 5.32. The van der Waals surface area contributed by atoms with Crippen molar-refractivity contribution in [3.63, 3.8) is 0 Å². The van der Waals surface area contributed by atoms with Crippen molar-refractivity contribution in [1.82, 2.24) is 4.90 Å². The summed E-state index contributed by atoms with van der Waals surface area (Å²) < 4.78 is 2.41. The SMILES string of the molecule is CC[N+]1=C(C=CN(C)C)SCC1. The first-order chi connectivity index (χ1) is 5.74. The molecule has 0 saturated carbocycles. The molecule has 1 rings (SSSR count). The lowest BCUT2D eigenvalue weighted by Gasteiger charge is -2.01. The Kier molecular flexibility index (Phi) is 3.66. The van der Waals surface area contributed by atoms with Crippen molar-refractivity contribution in [2.24, 2.45) is 0 Å². The van der Waals surface area contributed by atoms with Crippen LogP contribution in [0.1, 0.15) is 6.92 Å². The van der Waals surface area contributed by atoms with E-state index in [1.54, 1.807) is 0 Å². The van der Waals surface area contributed by atoms with Gasteiger partial charge in [0.05, 0.1) is 5.75 Å². The van der Waals surface area contributed by atoms with E-state index in [4.69, 9.17) is 0 Å². The molecule has 0 aliphatic carbocycles. The summed E-state index contributed by atoms with van der Waals surface area (Å²) in [6.45, 7) is 4.53.